The third kappa shape index (κ3) is 5.33. The topological polar surface area (TPSA) is 41.1 Å². The lowest BCUT2D eigenvalue weighted by atomic mass is 10.3. The summed E-state index contributed by atoms with van der Waals surface area (Å²) < 4.78 is 0. The lowest BCUT2D eigenvalue weighted by Crippen LogP contribution is -2.32. The minimum Gasteiger partial charge on any atom is -0.354 e. The molecule has 0 aromatic carbocycles. The zero-order chi connectivity index (χ0) is 12.8. The van der Waals surface area contributed by atoms with Crippen LogP contribution in [0.2, 0.25) is 0 Å². The summed E-state index contributed by atoms with van der Waals surface area (Å²) in [6, 6.07) is 2.44. The van der Waals surface area contributed by atoms with Gasteiger partial charge in [-0.05, 0) is 39.3 Å². The van der Waals surface area contributed by atoms with Gasteiger partial charge in [-0.15, -0.1) is 11.3 Å². The van der Waals surface area contributed by atoms with Crippen LogP contribution in [0, 0.1) is 13.8 Å². The number of carbonyl (C=O) groups excluding carboxylic acids is 1. The Labute approximate surface area is 108 Å². The SMILES string of the molecule is Cc1cc(CNCCC(=O)NC(C)C)sc1C. The highest BCUT2D eigenvalue weighted by Crippen LogP contribution is 2.20. The average molecular weight is 254 g/mol. The van der Waals surface area contributed by atoms with E-state index in [0.29, 0.717) is 6.42 Å². The molecule has 1 aromatic heterocycles. The maximum atomic E-state index is 11.4. The van der Waals surface area contributed by atoms with E-state index < -0.39 is 0 Å². The molecule has 1 amide bonds. The van der Waals surface area contributed by atoms with Gasteiger partial charge in [-0.1, -0.05) is 0 Å². The molecule has 0 radical (unpaired) electrons. The lowest BCUT2D eigenvalue weighted by molar-refractivity contribution is -0.121. The maximum Gasteiger partial charge on any atom is 0.221 e. The van der Waals surface area contributed by atoms with Gasteiger partial charge in [0.1, 0.15) is 0 Å². The van der Waals surface area contributed by atoms with Crippen LogP contribution in [-0.2, 0) is 11.3 Å². The van der Waals surface area contributed by atoms with Crippen LogP contribution >= 0.6 is 11.3 Å². The second-order valence-corrected chi connectivity index (χ2v) is 5.94. The van der Waals surface area contributed by atoms with E-state index in [4.69, 9.17) is 0 Å². The molecule has 1 rings (SSSR count). The minimum absolute atomic E-state index is 0.117. The molecule has 0 saturated carbocycles. The highest BCUT2D eigenvalue weighted by atomic mass is 32.1. The van der Waals surface area contributed by atoms with E-state index in [9.17, 15) is 4.79 Å². The highest BCUT2D eigenvalue weighted by molar-refractivity contribution is 7.12. The number of amides is 1. The summed E-state index contributed by atoms with van der Waals surface area (Å²) in [4.78, 5) is 14.1. The molecule has 0 aliphatic rings. The van der Waals surface area contributed by atoms with E-state index in [1.165, 1.54) is 15.3 Å². The number of nitrogens with one attached hydrogen (secondary N) is 2. The fourth-order valence-corrected chi connectivity index (χ4v) is 2.57. The van der Waals surface area contributed by atoms with Gasteiger partial charge in [0.2, 0.25) is 5.91 Å². The van der Waals surface area contributed by atoms with Crippen molar-refractivity contribution in [3.8, 4) is 0 Å². The molecular formula is C13H22N2OS. The van der Waals surface area contributed by atoms with Crippen molar-refractivity contribution in [2.45, 2.75) is 46.7 Å². The first-order valence-corrected chi connectivity index (χ1v) is 6.86. The summed E-state index contributed by atoms with van der Waals surface area (Å²) in [5.74, 6) is 0.117. The van der Waals surface area contributed by atoms with Gasteiger partial charge in [-0.25, -0.2) is 0 Å². The van der Waals surface area contributed by atoms with E-state index in [1.807, 2.05) is 25.2 Å². The van der Waals surface area contributed by atoms with Crippen molar-refractivity contribution in [1.29, 1.82) is 0 Å². The highest BCUT2D eigenvalue weighted by Gasteiger charge is 2.03. The smallest absolute Gasteiger partial charge is 0.221 e. The Morgan fingerprint density at radius 1 is 1.41 bits per heavy atom. The number of hydrogen-bond donors (Lipinski definition) is 2. The van der Waals surface area contributed by atoms with Gasteiger partial charge in [-0.3, -0.25) is 4.79 Å². The third-order valence-corrected chi connectivity index (χ3v) is 3.65. The third-order valence-electron chi connectivity index (χ3n) is 2.49. The van der Waals surface area contributed by atoms with Gasteiger partial charge >= 0.3 is 0 Å². The summed E-state index contributed by atoms with van der Waals surface area (Å²) in [6.45, 7) is 9.80. The largest absolute Gasteiger partial charge is 0.354 e. The molecule has 17 heavy (non-hydrogen) atoms. The standard InChI is InChI=1S/C13H22N2OS/c1-9(2)15-13(16)5-6-14-8-12-7-10(3)11(4)17-12/h7,9,14H,5-6,8H2,1-4H3,(H,15,16). The van der Waals surface area contributed by atoms with Crippen LogP contribution in [0.25, 0.3) is 0 Å². The predicted molar refractivity (Wildman–Crippen MR) is 73.4 cm³/mol. The summed E-state index contributed by atoms with van der Waals surface area (Å²) in [6.07, 6.45) is 0.543. The average Bonchev–Trinajstić information content (AvgIpc) is 2.52. The van der Waals surface area contributed by atoms with E-state index in [1.54, 1.807) is 0 Å². The molecule has 0 spiro atoms. The quantitative estimate of drug-likeness (QED) is 0.765. The van der Waals surface area contributed by atoms with Gasteiger partial charge in [0.25, 0.3) is 0 Å². The Morgan fingerprint density at radius 3 is 2.65 bits per heavy atom. The molecule has 1 aromatic rings. The van der Waals surface area contributed by atoms with Crippen LogP contribution < -0.4 is 10.6 Å². The Bertz CT molecular complexity index is 352. The van der Waals surface area contributed by atoms with Crippen molar-refractivity contribution in [2.24, 2.45) is 0 Å². The molecule has 4 heteroatoms. The normalized spacial score (nSPS) is 10.9. The van der Waals surface area contributed by atoms with Crippen molar-refractivity contribution in [1.82, 2.24) is 10.6 Å². The van der Waals surface area contributed by atoms with Crippen molar-refractivity contribution in [3.05, 3.63) is 21.4 Å². The number of thiophene rings is 1. The molecule has 1 heterocycles. The summed E-state index contributed by atoms with van der Waals surface area (Å²) in [5, 5.41) is 6.17. The van der Waals surface area contributed by atoms with E-state index in [-0.39, 0.29) is 11.9 Å². The monoisotopic (exact) mass is 254 g/mol. The molecule has 0 aliphatic carbocycles. The second-order valence-electron chi connectivity index (χ2n) is 4.60. The fraction of sp³-hybridized carbons (Fsp3) is 0.615. The van der Waals surface area contributed by atoms with E-state index >= 15 is 0 Å². The van der Waals surface area contributed by atoms with Crippen molar-refractivity contribution < 1.29 is 4.79 Å². The maximum absolute atomic E-state index is 11.4. The molecule has 0 atom stereocenters. The molecule has 0 saturated heterocycles. The molecule has 2 N–H and O–H groups in total. The summed E-state index contributed by atoms with van der Waals surface area (Å²) in [5.41, 5.74) is 1.35. The van der Waals surface area contributed by atoms with Crippen LogP contribution in [0.4, 0.5) is 0 Å². The molecule has 0 aliphatic heterocycles. The van der Waals surface area contributed by atoms with Gasteiger partial charge in [0.05, 0.1) is 0 Å². The fourth-order valence-electron chi connectivity index (χ4n) is 1.54. The Hall–Kier alpha value is -0.870. The van der Waals surface area contributed by atoms with Crippen LogP contribution in [0.5, 0.6) is 0 Å². The van der Waals surface area contributed by atoms with Crippen molar-refractivity contribution in [2.75, 3.05) is 6.54 Å². The van der Waals surface area contributed by atoms with Crippen LogP contribution in [0.1, 0.15) is 35.6 Å². The molecule has 0 bridgehead atoms. The number of rotatable bonds is 6. The number of hydrogen-bond acceptors (Lipinski definition) is 3. The Balaban J connectivity index is 2.18. The van der Waals surface area contributed by atoms with Gasteiger partial charge in [0.15, 0.2) is 0 Å². The zero-order valence-electron chi connectivity index (χ0n) is 11.1. The Morgan fingerprint density at radius 2 is 2.12 bits per heavy atom. The number of carbonyl (C=O) groups is 1. The van der Waals surface area contributed by atoms with Crippen LogP contribution in [0.15, 0.2) is 6.07 Å². The first-order valence-electron chi connectivity index (χ1n) is 6.05. The van der Waals surface area contributed by atoms with Gasteiger partial charge in [-0.2, -0.15) is 0 Å². The molecule has 0 fully saturated rings. The summed E-state index contributed by atoms with van der Waals surface area (Å²) in [7, 11) is 0. The van der Waals surface area contributed by atoms with Crippen molar-refractivity contribution >= 4 is 17.2 Å². The zero-order valence-corrected chi connectivity index (χ0v) is 11.9. The first kappa shape index (κ1) is 14.2. The molecule has 96 valence electrons. The molecule has 3 nitrogen and oxygen atoms in total. The molecule has 0 unspecified atom stereocenters. The van der Waals surface area contributed by atoms with Gasteiger partial charge < -0.3 is 10.6 Å². The van der Waals surface area contributed by atoms with Crippen LogP contribution in [-0.4, -0.2) is 18.5 Å². The van der Waals surface area contributed by atoms with Gasteiger partial charge in [0, 0.05) is 35.3 Å². The minimum atomic E-state index is 0.117. The van der Waals surface area contributed by atoms with Crippen molar-refractivity contribution in [3.63, 3.8) is 0 Å². The summed E-state index contributed by atoms with van der Waals surface area (Å²) >= 11 is 1.82. The first-order chi connectivity index (χ1) is 7.99. The Kier molecular flexibility index (Phi) is 5.65. The lowest BCUT2D eigenvalue weighted by Gasteiger charge is -2.08. The van der Waals surface area contributed by atoms with E-state index in [0.717, 1.165) is 13.1 Å². The predicted octanol–water partition coefficient (Wildman–Crippen LogP) is 2.37. The van der Waals surface area contributed by atoms with E-state index in [2.05, 4.69) is 30.5 Å². The second kappa shape index (κ2) is 6.77. The number of aryl methyl sites for hydroxylation is 2. The molecular weight excluding hydrogens is 232 g/mol. The van der Waals surface area contributed by atoms with Crippen LogP contribution in [0.3, 0.4) is 0 Å².